The van der Waals surface area contributed by atoms with Gasteiger partial charge >= 0.3 is 0 Å². The van der Waals surface area contributed by atoms with E-state index < -0.39 is 0 Å². The molecular formula is C3H5Br2NO2. The molecule has 0 rings (SSSR count). The van der Waals surface area contributed by atoms with Crippen LogP contribution < -0.4 is 0 Å². The number of nitro groups is 1. The molecule has 0 unspecified atom stereocenters. The summed E-state index contributed by atoms with van der Waals surface area (Å²) in [5, 5.41) is 9.67. The molecule has 0 saturated heterocycles. The molecule has 0 aromatic heterocycles. The number of alkyl halides is 2. The molecule has 0 saturated carbocycles. The van der Waals surface area contributed by atoms with Gasteiger partial charge in [-0.05, 0) is 0 Å². The number of nitrogens with zero attached hydrogens (tertiary/aromatic N) is 1. The SMILES string of the molecule is O=[N+]([O-])CCC(Br)Br. The molecule has 0 aliphatic rings. The normalized spacial score (nSPS) is 9.88. The van der Waals surface area contributed by atoms with Crippen LogP contribution in [0.1, 0.15) is 6.42 Å². The highest BCUT2D eigenvalue weighted by atomic mass is 79.9. The van der Waals surface area contributed by atoms with Crippen LogP contribution in [-0.4, -0.2) is 15.2 Å². The van der Waals surface area contributed by atoms with E-state index in [1.165, 1.54) is 0 Å². The van der Waals surface area contributed by atoms with Crippen molar-refractivity contribution < 1.29 is 4.92 Å². The Balaban J connectivity index is 3.05. The highest BCUT2D eigenvalue weighted by Gasteiger charge is 2.01. The maximum atomic E-state index is 9.67. The molecule has 0 aromatic carbocycles. The summed E-state index contributed by atoms with van der Waals surface area (Å²) < 4.78 is 0.0698. The summed E-state index contributed by atoms with van der Waals surface area (Å²) in [6.45, 7) is 0.0150. The summed E-state index contributed by atoms with van der Waals surface area (Å²) in [6.07, 6.45) is 0.521. The second-order valence-corrected chi connectivity index (χ2v) is 4.68. The first-order chi connectivity index (χ1) is 3.63. The summed E-state index contributed by atoms with van der Waals surface area (Å²) in [5.41, 5.74) is 0. The van der Waals surface area contributed by atoms with Crippen molar-refractivity contribution in [3.8, 4) is 0 Å². The van der Waals surface area contributed by atoms with E-state index in [2.05, 4.69) is 31.9 Å². The predicted molar refractivity (Wildman–Crippen MR) is 38.1 cm³/mol. The molecular weight excluding hydrogens is 242 g/mol. The molecule has 0 aliphatic heterocycles. The number of halogens is 2. The zero-order valence-corrected chi connectivity index (χ0v) is 7.18. The van der Waals surface area contributed by atoms with Gasteiger partial charge in [0.05, 0.1) is 3.74 Å². The molecule has 8 heavy (non-hydrogen) atoms. The van der Waals surface area contributed by atoms with Gasteiger partial charge in [0.1, 0.15) is 0 Å². The zero-order chi connectivity index (χ0) is 6.57. The minimum atomic E-state index is -0.338. The van der Waals surface area contributed by atoms with Gasteiger partial charge in [0.25, 0.3) is 0 Å². The Morgan fingerprint density at radius 2 is 2.12 bits per heavy atom. The monoisotopic (exact) mass is 245 g/mol. The van der Waals surface area contributed by atoms with Crippen LogP contribution in [0.4, 0.5) is 0 Å². The Bertz CT molecular complexity index is 85.4. The molecule has 0 radical (unpaired) electrons. The molecule has 0 bridgehead atoms. The van der Waals surface area contributed by atoms with Crippen LogP contribution in [-0.2, 0) is 0 Å². The Hall–Kier alpha value is 0.360. The molecule has 48 valence electrons. The summed E-state index contributed by atoms with van der Waals surface area (Å²) in [6, 6.07) is 0. The van der Waals surface area contributed by atoms with Gasteiger partial charge in [-0.1, -0.05) is 31.9 Å². The lowest BCUT2D eigenvalue weighted by molar-refractivity contribution is -0.479. The molecule has 5 heteroatoms. The Kier molecular flexibility index (Phi) is 4.45. The van der Waals surface area contributed by atoms with Crippen molar-refractivity contribution in [2.45, 2.75) is 10.2 Å². The van der Waals surface area contributed by atoms with E-state index in [1.807, 2.05) is 0 Å². The van der Waals surface area contributed by atoms with Crippen LogP contribution in [0.5, 0.6) is 0 Å². The third-order valence-electron chi connectivity index (χ3n) is 0.530. The summed E-state index contributed by atoms with van der Waals surface area (Å²) >= 11 is 6.23. The fourth-order valence-corrected chi connectivity index (χ4v) is 0.613. The Morgan fingerprint density at radius 3 is 2.25 bits per heavy atom. The molecule has 0 N–H and O–H groups in total. The number of hydrogen-bond acceptors (Lipinski definition) is 2. The molecule has 3 nitrogen and oxygen atoms in total. The van der Waals surface area contributed by atoms with Crippen molar-refractivity contribution in [2.75, 3.05) is 6.54 Å². The fourth-order valence-electron chi connectivity index (χ4n) is 0.203. The van der Waals surface area contributed by atoms with Gasteiger partial charge in [-0.25, -0.2) is 0 Å². The highest BCUT2D eigenvalue weighted by molar-refractivity contribution is 9.24. The second-order valence-electron chi connectivity index (χ2n) is 1.24. The fraction of sp³-hybridized carbons (Fsp3) is 1.00. The van der Waals surface area contributed by atoms with Gasteiger partial charge in [0.15, 0.2) is 0 Å². The summed E-state index contributed by atoms with van der Waals surface area (Å²) in [7, 11) is 0. The molecule has 0 fully saturated rings. The van der Waals surface area contributed by atoms with Crippen molar-refractivity contribution in [1.82, 2.24) is 0 Å². The van der Waals surface area contributed by atoms with Crippen LogP contribution in [0.2, 0.25) is 0 Å². The van der Waals surface area contributed by atoms with Crippen LogP contribution in [0.25, 0.3) is 0 Å². The van der Waals surface area contributed by atoms with E-state index in [-0.39, 0.29) is 15.2 Å². The maximum absolute atomic E-state index is 9.67. The van der Waals surface area contributed by atoms with Gasteiger partial charge in [0.2, 0.25) is 6.54 Å². The highest BCUT2D eigenvalue weighted by Crippen LogP contribution is 2.11. The predicted octanol–water partition coefficient (Wildman–Crippen LogP) is 1.77. The van der Waals surface area contributed by atoms with E-state index >= 15 is 0 Å². The Morgan fingerprint density at radius 1 is 1.62 bits per heavy atom. The van der Waals surface area contributed by atoms with E-state index in [1.54, 1.807) is 0 Å². The first-order valence-electron chi connectivity index (χ1n) is 2.03. The lowest BCUT2D eigenvalue weighted by Gasteiger charge is -1.92. The van der Waals surface area contributed by atoms with Crippen LogP contribution in [0.15, 0.2) is 0 Å². The first kappa shape index (κ1) is 8.36. The zero-order valence-electron chi connectivity index (χ0n) is 4.01. The van der Waals surface area contributed by atoms with E-state index in [4.69, 9.17) is 0 Å². The van der Waals surface area contributed by atoms with Gasteiger partial charge < -0.3 is 0 Å². The standard InChI is InChI=1S/C3H5Br2NO2/c4-3(5)1-2-6(7)8/h3H,1-2H2. The van der Waals surface area contributed by atoms with Crippen molar-refractivity contribution in [3.05, 3.63) is 10.1 Å². The van der Waals surface area contributed by atoms with Crippen LogP contribution >= 0.6 is 31.9 Å². The van der Waals surface area contributed by atoms with Gasteiger partial charge in [-0.2, -0.15) is 0 Å². The van der Waals surface area contributed by atoms with Gasteiger partial charge in [-0.3, -0.25) is 10.1 Å². The number of rotatable bonds is 3. The molecule has 0 heterocycles. The average Bonchev–Trinajstić information content (AvgIpc) is 1.61. The third kappa shape index (κ3) is 6.36. The average molecular weight is 247 g/mol. The second kappa shape index (κ2) is 4.26. The lowest BCUT2D eigenvalue weighted by Crippen LogP contribution is -2.03. The quantitative estimate of drug-likeness (QED) is 0.433. The lowest BCUT2D eigenvalue weighted by atomic mass is 10.5. The van der Waals surface area contributed by atoms with Crippen molar-refractivity contribution >= 4 is 31.9 Å². The van der Waals surface area contributed by atoms with Crippen molar-refractivity contribution in [2.24, 2.45) is 0 Å². The molecule has 0 aromatic rings. The van der Waals surface area contributed by atoms with Crippen LogP contribution in [0.3, 0.4) is 0 Å². The molecule has 0 amide bonds. The smallest absolute Gasteiger partial charge is 0.205 e. The van der Waals surface area contributed by atoms with Crippen LogP contribution in [0, 0.1) is 10.1 Å². The maximum Gasteiger partial charge on any atom is 0.205 e. The first-order valence-corrected chi connectivity index (χ1v) is 3.86. The largest absolute Gasteiger partial charge is 0.265 e. The van der Waals surface area contributed by atoms with E-state index in [9.17, 15) is 10.1 Å². The molecule has 0 spiro atoms. The minimum absolute atomic E-state index is 0.0150. The van der Waals surface area contributed by atoms with Crippen molar-refractivity contribution in [1.29, 1.82) is 0 Å². The Labute approximate surface area is 63.9 Å². The van der Waals surface area contributed by atoms with E-state index in [0.717, 1.165) is 0 Å². The molecule has 0 atom stereocenters. The topological polar surface area (TPSA) is 43.1 Å². The summed E-state index contributed by atoms with van der Waals surface area (Å²) in [5.74, 6) is 0. The van der Waals surface area contributed by atoms with Crippen molar-refractivity contribution in [3.63, 3.8) is 0 Å². The number of hydrogen-bond donors (Lipinski definition) is 0. The van der Waals surface area contributed by atoms with E-state index in [0.29, 0.717) is 6.42 Å². The minimum Gasteiger partial charge on any atom is -0.265 e. The van der Waals surface area contributed by atoms with Gasteiger partial charge in [-0.15, -0.1) is 0 Å². The third-order valence-corrected chi connectivity index (χ3v) is 1.45. The summed E-state index contributed by atoms with van der Waals surface area (Å²) in [4.78, 5) is 9.33. The van der Waals surface area contributed by atoms with Gasteiger partial charge in [0, 0.05) is 11.3 Å². The molecule has 0 aliphatic carbocycles.